The molecule has 2 heterocycles. The Morgan fingerprint density at radius 2 is 2.42 bits per heavy atom. The predicted octanol–water partition coefficient (Wildman–Crippen LogP) is 2.02. The Hall–Kier alpha value is -1.63. The van der Waals surface area contributed by atoms with Crippen molar-refractivity contribution in [3.8, 4) is 0 Å². The molecule has 2 rings (SSSR count). The van der Waals surface area contributed by atoms with E-state index < -0.39 is 0 Å². The van der Waals surface area contributed by atoms with Gasteiger partial charge in [0.05, 0.1) is 0 Å². The standard InChI is InChI=1S/C12H15BrN4O2/c1-2-5-17-7-9(13)6-10(17)12(18)14-4-3-11-15-8-19-16-11/h6-8H,2-5H2,1H3,(H,14,18). The molecule has 0 aromatic carbocycles. The second-order valence-electron chi connectivity index (χ2n) is 4.09. The van der Waals surface area contributed by atoms with Crippen molar-refractivity contribution in [1.82, 2.24) is 20.0 Å². The Labute approximate surface area is 119 Å². The Balaban J connectivity index is 1.92. The van der Waals surface area contributed by atoms with Gasteiger partial charge in [0.25, 0.3) is 5.91 Å². The molecule has 0 unspecified atom stereocenters. The number of carbonyl (C=O) groups excluding carboxylic acids is 1. The molecule has 7 heteroatoms. The maximum Gasteiger partial charge on any atom is 0.267 e. The molecule has 19 heavy (non-hydrogen) atoms. The van der Waals surface area contributed by atoms with Gasteiger partial charge in [0.2, 0.25) is 6.39 Å². The van der Waals surface area contributed by atoms with Crippen LogP contribution >= 0.6 is 15.9 Å². The van der Waals surface area contributed by atoms with Crippen LogP contribution in [-0.4, -0.2) is 27.2 Å². The summed E-state index contributed by atoms with van der Waals surface area (Å²) in [7, 11) is 0. The zero-order valence-corrected chi connectivity index (χ0v) is 12.2. The van der Waals surface area contributed by atoms with Gasteiger partial charge >= 0.3 is 0 Å². The van der Waals surface area contributed by atoms with Crippen LogP contribution in [0.5, 0.6) is 0 Å². The first-order valence-corrected chi connectivity index (χ1v) is 6.89. The van der Waals surface area contributed by atoms with Crippen LogP contribution in [0.4, 0.5) is 0 Å². The average molecular weight is 327 g/mol. The summed E-state index contributed by atoms with van der Waals surface area (Å²) in [5.74, 6) is 0.494. The Morgan fingerprint density at radius 1 is 1.58 bits per heavy atom. The van der Waals surface area contributed by atoms with Gasteiger partial charge in [-0.1, -0.05) is 12.1 Å². The van der Waals surface area contributed by atoms with E-state index in [0.29, 0.717) is 24.5 Å². The fourth-order valence-corrected chi connectivity index (χ4v) is 2.24. The number of hydrogen-bond acceptors (Lipinski definition) is 4. The first-order chi connectivity index (χ1) is 9.20. The molecule has 1 N–H and O–H groups in total. The molecule has 6 nitrogen and oxygen atoms in total. The van der Waals surface area contributed by atoms with Gasteiger partial charge < -0.3 is 14.4 Å². The lowest BCUT2D eigenvalue weighted by molar-refractivity contribution is 0.0944. The molecular formula is C12H15BrN4O2. The largest absolute Gasteiger partial charge is 0.350 e. The van der Waals surface area contributed by atoms with Crippen molar-refractivity contribution in [2.24, 2.45) is 0 Å². The highest BCUT2D eigenvalue weighted by atomic mass is 79.9. The van der Waals surface area contributed by atoms with Gasteiger partial charge in [-0.2, -0.15) is 4.98 Å². The predicted molar refractivity (Wildman–Crippen MR) is 72.8 cm³/mol. The molecule has 0 aliphatic carbocycles. The maximum absolute atomic E-state index is 12.1. The van der Waals surface area contributed by atoms with E-state index in [0.717, 1.165) is 17.4 Å². The monoisotopic (exact) mass is 326 g/mol. The number of carbonyl (C=O) groups is 1. The smallest absolute Gasteiger partial charge is 0.267 e. The van der Waals surface area contributed by atoms with Gasteiger partial charge in [0.1, 0.15) is 5.69 Å². The minimum absolute atomic E-state index is 0.0948. The van der Waals surface area contributed by atoms with Gasteiger partial charge in [0, 0.05) is 30.2 Å². The molecule has 0 radical (unpaired) electrons. The second-order valence-corrected chi connectivity index (χ2v) is 5.01. The van der Waals surface area contributed by atoms with Gasteiger partial charge in [0.15, 0.2) is 5.82 Å². The number of hydrogen-bond donors (Lipinski definition) is 1. The summed E-state index contributed by atoms with van der Waals surface area (Å²) in [6.07, 6.45) is 4.72. The summed E-state index contributed by atoms with van der Waals surface area (Å²) in [5.41, 5.74) is 0.654. The molecule has 0 fully saturated rings. The molecule has 0 aliphatic heterocycles. The molecule has 0 bridgehead atoms. The van der Waals surface area contributed by atoms with Gasteiger partial charge in [-0.05, 0) is 28.4 Å². The quantitative estimate of drug-likeness (QED) is 0.881. The number of nitrogens with one attached hydrogen (secondary N) is 1. The molecule has 0 saturated carbocycles. The van der Waals surface area contributed by atoms with E-state index in [1.165, 1.54) is 6.39 Å². The second kappa shape index (κ2) is 6.51. The summed E-state index contributed by atoms with van der Waals surface area (Å²) in [4.78, 5) is 16.0. The van der Waals surface area contributed by atoms with E-state index in [-0.39, 0.29) is 5.91 Å². The third kappa shape index (κ3) is 3.66. The highest BCUT2D eigenvalue weighted by molar-refractivity contribution is 9.10. The Kier molecular flexibility index (Phi) is 4.73. The summed E-state index contributed by atoms with van der Waals surface area (Å²) in [6.45, 7) is 3.37. The van der Waals surface area contributed by atoms with Crippen molar-refractivity contribution < 1.29 is 9.32 Å². The fourth-order valence-electron chi connectivity index (χ4n) is 1.77. The third-order valence-corrected chi connectivity index (χ3v) is 3.04. The van der Waals surface area contributed by atoms with E-state index in [4.69, 9.17) is 0 Å². The lowest BCUT2D eigenvalue weighted by atomic mass is 10.3. The first kappa shape index (κ1) is 13.8. The highest BCUT2D eigenvalue weighted by Crippen LogP contribution is 2.15. The van der Waals surface area contributed by atoms with Crippen LogP contribution in [0.3, 0.4) is 0 Å². The highest BCUT2D eigenvalue weighted by Gasteiger charge is 2.12. The minimum Gasteiger partial charge on any atom is -0.350 e. The van der Waals surface area contributed by atoms with E-state index in [1.54, 1.807) is 0 Å². The first-order valence-electron chi connectivity index (χ1n) is 6.10. The summed E-state index contributed by atoms with van der Waals surface area (Å²) in [6, 6.07) is 1.82. The topological polar surface area (TPSA) is 73.0 Å². The molecule has 1 amide bonds. The summed E-state index contributed by atoms with van der Waals surface area (Å²) < 4.78 is 7.47. The number of aromatic nitrogens is 3. The van der Waals surface area contributed by atoms with Gasteiger partial charge in [-0.15, -0.1) is 0 Å². The number of rotatable bonds is 6. The summed E-state index contributed by atoms with van der Waals surface area (Å²) in [5, 5.41) is 6.53. The zero-order valence-electron chi connectivity index (χ0n) is 10.6. The van der Waals surface area contributed by atoms with Crippen molar-refractivity contribution in [2.45, 2.75) is 26.3 Å². The summed E-state index contributed by atoms with van der Waals surface area (Å²) >= 11 is 3.39. The molecule has 0 saturated heterocycles. The van der Waals surface area contributed by atoms with Crippen molar-refractivity contribution in [3.63, 3.8) is 0 Å². The molecule has 2 aromatic heterocycles. The number of amides is 1. The lowest BCUT2D eigenvalue weighted by Gasteiger charge is -2.07. The van der Waals surface area contributed by atoms with E-state index in [1.807, 2.05) is 16.8 Å². The molecule has 102 valence electrons. The molecule has 2 aromatic rings. The van der Waals surface area contributed by atoms with Crippen LogP contribution in [0.15, 0.2) is 27.7 Å². The van der Waals surface area contributed by atoms with E-state index >= 15 is 0 Å². The van der Waals surface area contributed by atoms with Crippen molar-refractivity contribution in [2.75, 3.05) is 6.54 Å². The van der Waals surface area contributed by atoms with Crippen molar-refractivity contribution in [3.05, 3.63) is 34.6 Å². The number of aryl methyl sites for hydroxylation is 1. The normalized spacial score (nSPS) is 10.6. The number of nitrogens with zero attached hydrogens (tertiary/aromatic N) is 3. The minimum atomic E-state index is -0.0948. The van der Waals surface area contributed by atoms with Crippen LogP contribution in [0.2, 0.25) is 0 Å². The fraction of sp³-hybridized carbons (Fsp3) is 0.417. The zero-order chi connectivity index (χ0) is 13.7. The Bertz CT molecular complexity index is 536. The van der Waals surface area contributed by atoms with Gasteiger partial charge in [-0.3, -0.25) is 4.79 Å². The van der Waals surface area contributed by atoms with Crippen molar-refractivity contribution in [1.29, 1.82) is 0 Å². The van der Waals surface area contributed by atoms with Crippen molar-refractivity contribution >= 4 is 21.8 Å². The average Bonchev–Trinajstić information content (AvgIpc) is 2.99. The Morgan fingerprint density at radius 3 is 3.11 bits per heavy atom. The van der Waals surface area contributed by atoms with Crippen LogP contribution in [0, 0.1) is 0 Å². The lowest BCUT2D eigenvalue weighted by Crippen LogP contribution is -2.28. The number of halogens is 1. The van der Waals surface area contributed by atoms with Crippen LogP contribution in [0.1, 0.15) is 29.7 Å². The third-order valence-electron chi connectivity index (χ3n) is 2.60. The van der Waals surface area contributed by atoms with E-state index in [9.17, 15) is 4.79 Å². The molecule has 0 aliphatic rings. The van der Waals surface area contributed by atoms with Crippen LogP contribution < -0.4 is 5.32 Å². The SMILES string of the molecule is CCCn1cc(Br)cc1C(=O)NCCc1ncon1. The molecular weight excluding hydrogens is 312 g/mol. The maximum atomic E-state index is 12.1. The van der Waals surface area contributed by atoms with Gasteiger partial charge in [-0.25, -0.2) is 0 Å². The van der Waals surface area contributed by atoms with E-state index in [2.05, 4.69) is 42.8 Å². The van der Waals surface area contributed by atoms with Crippen LogP contribution in [0.25, 0.3) is 0 Å². The molecule has 0 spiro atoms. The van der Waals surface area contributed by atoms with Crippen LogP contribution in [-0.2, 0) is 13.0 Å². The molecule has 0 atom stereocenters.